The van der Waals surface area contributed by atoms with Gasteiger partial charge in [0.15, 0.2) is 5.84 Å². The van der Waals surface area contributed by atoms with Gasteiger partial charge >= 0.3 is 0 Å². The summed E-state index contributed by atoms with van der Waals surface area (Å²) in [4.78, 5) is 10.3. The van der Waals surface area contributed by atoms with Crippen molar-refractivity contribution in [2.24, 2.45) is 10.7 Å². The lowest BCUT2D eigenvalue weighted by Crippen LogP contribution is -2.43. The topological polar surface area (TPSA) is 146 Å². The summed E-state index contributed by atoms with van der Waals surface area (Å²) in [6, 6.07) is 12.9. The molecule has 3 aromatic rings. The summed E-state index contributed by atoms with van der Waals surface area (Å²) in [6.07, 6.45) is 0.230. The van der Waals surface area contributed by atoms with Crippen molar-refractivity contribution in [2.45, 2.75) is 32.0 Å². The number of hydrogen-bond acceptors (Lipinski definition) is 9. The smallest absolute Gasteiger partial charge is 0.202 e. The van der Waals surface area contributed by atoms with E-state index in [0.29, 0.717) is 35.1 Å². The van der Waals surface area contributed by atoms with Crippen LogP contribution in [-0.2, 0) is 10.4 Å². The van der Waals surface area contributed by atoms with E-state index in [-0.39, 0.29) is 0 Å². The van der Waals surface area contributed by atoms with Gasteiger partial charge in [-0.25, -0.2) is 15.3 Å². The third-order valence-corrected chi connectivity index (χ3v) is 5.51. The fourth-order valence-corrected chi connectivity index (χ4v) is 3.60. The Kier molecular flexibility index (Phi) is 6.35. The highest BCUT2D eigenvalue weighted by Gasteiger charge is 2.31. The molecule has 1 unspecified atom stereocenters. The van der Waals surface area contributed by atoms with Crippen LogP contribution in [0, 0.1) is 18.3 Å². The number of amidine groups is 1. The van der Waals surface area contributed by atoms with Gasteiger partial charge < -0.3 is 25.1 Å². The first kappa shape index (κ1) is 22.8. The van der Waals surface area contributed by atoms with E-state index < -0.39 is 25.0 Å². The number of nitriles is 1. The fraction of sp³-hybridized carbons (Fsp3) is 0.333. The number of aliphatic imine (C=N–C) groups is 1. The number of furan rings is 1. The summed E-state index contributed by atoms with van der Waals surface area (Å²) in [6.45, 7) is 3.52. The van der Waals surface area contributed by atoms with Gasteiger partial charge in [-0.1, -0.05) is 13.0 Å². The number of rotatable bonds is 8. The van der Waals surface area contributed by atoms with Crippen LogP contribution in [0.2, 0.25) is 0 Å². The summed E-state index contributed by atoms with van der Waals surface area (Å²) >= 11 is 0. The number of ether oxygens (including phenoxy) is 1. The molecule has 4 rings (SSSR count). The maximum atomic E-state index is 9.58. The van der Waals surface area contributed by atoms with E-state index in [1.165, 1.54) is 0 Å². The van der Waals surface area contributed by atoms with Gasteiger partial charge in [0.25, 0.3) is 0 Å². The molecule has 0 bridgehead atoms. The van der Waals surface area contributed by atoms with Crippen LogP contribution in [0.5, 0.6) is 5.75 Å². The Morgan fingerprint density at radius 3 is 2.73 bits per heavy atom. The molecule has 0 saturated carbocycles. The highest BCUT2D eigenvalue weighted by Crippen LogP contribution is 2.32. The maximum absolute atomic E-state index is 9.58. The van der Waals surface area contributed by atoms with E-state index in [2.05, 4.69) is 16.5 Å². The monoisotopic (exact) mass is 450 g/mol. The Hall–Kier alpha value is -3.42. The summed E-state index contributed by atoms with van der Waals surface area (Å²) in [5, 5.41) is 29.4. The molecule has 1 atom stereocenters. The van der Waals surface area contributed by atoms with Crippen molar-refractivity contribution in [2.75, 3.05) is 19.8 Å². The second-order valence-corrected chi connectivity index (χ2v) is 8.06. The molecular weight excluding hydrogens is 424 g/mol. The van der Waals surface area contributed by atoms with E-state index in [1.807, 2.05) is 32.0 Å². The quantitative estimate of drug-likeness (QED) is 0.409. The molecule has 5 N–H and O–H groups in total. The van der Waals surface area contributed by atoms with Crippen LogP contribution in [0.15, 0.2) is 45.8 Å². The Bertz CT molecular complexity index is 1240. The lowest BCUT2D eigenvalue weighted by atomic mass is 9.99. The van der Waals surface area contributed by atoms with Crippen LogP contribution in [0.25, 0.3) is 11.0 Å². The van der Waals surface area contributed by atoms with Crippen molar-refractivity contribution in [3.63, 3.8) is 0 Å². The predicted octanol–water partition coefficient (Wildman–Crippen LogP) is 2.52. The highest BCUT2D eigenvalue weighted by molar-refractivity contribution is 6.02. The first-order valence-electron chi connectivity index (χ1n) is 10.6. The Balaban J connectivity index is 1.64. The number of hydroxylamine groups is 1. The van der Waals surface area contributed by atoms with Crippen LogP contribution < -0.4 is 16.0 Å². The number of nitrogens with two attached hydrogens (primary N) is 1. The second kappa shape index (κ2) is 9.21. The number of nitrogens with zero attached hydrogens (tertiary/aromatic N) is 2. The van der Waals surface area contributed by atoms with E-state index in [0.717, 1.165) is 28.5 Å². The standard InChI is InChI=1S/C24H26N4O5/c1-3-6-31-19-5-4-15(8-18(19)11-25)23-27-22(28-33-23)17-7-14(2)21-16(9-17)10-20(32-21)24(26,12-29)13-30/h4-5,7-10,23,29-30H,3,6,12-13,26H2,1-2H3,(H,27,28). The van der Waals surface area contributed by atoms with Crippen molar-refractivity contribution >= 4 is 16.8 Å². The molecular formula is C24H26N4O5. The molecule has 2 aromatic carbocycles. The number of hydrogen-bond donors (Lipinski definition) is 4. The number of aliphatic hydroxyl groups is 2. The largest absolute Gasteiger partial charge is 0.492 e. The molecule has 0 saturated heterocycles. The summed E-state index contributed by atoms with van der Waals surface area (Å²) in [7, 11) is 0. The Labute approximate surface area is 191 Å². The molecule has 2 heterocycles. The lowest BCUT2D eigenvalue weighted by molar-refractivity contribution is 0.0376. The predicted molar refractivity (Wildman–Crippen MR) is 121 cm³/mol. The van der Waals surface area contributed by atoms with Gasteiger partial charge in [0.2, 0.25) is 6.23 Å². The van der Waals surface area contributed by atoms with E-state index in [4.69, 9.17) is 19.7 Å². The molecule has 0 radical (unpaired) electrons. The lowest BCUT2D eigenvalue weighted by Gasteiger charge is -2.21. The third-order valence-electron chi connectivity index (χ3n) is 5.51. The van der Waals surface area contributed by atoms with Gasteiger partial charge in [0.1, 0.15) is 28.7 Å². The highest BCUT2D eigenvalue weighted by atomic mass is 16.7. The van der Waals surface area contributed by atoms with Crippen molar-refractivity contribution in [3.8, 4) is 11.8 Å². The zero-order valence-electron chi connectivity index (χ0n) is 18.5. The maximum Gasteiger partial charge on any atom is 0.202 e. The number of aliphatic hydroxyl groups excluding tert-OH is 2. The first-order valence-corrected chi connectivity index (χ1v) is 10.6. The number of benzene rings is 2. The van der Waals surface area contributed by atoms with Crippen molar-refractivity contribution in [1.29, 1.82) is 5.26 Å². The number of nitrogens with one attached hydrogen (secondary N) is 1. The van der Waals surface area contributed by atoms with Crippen LogP contribution in [0.4, 0.5) is 0 Å². The minimum absolute atomic E-state index is 0.299. The normalized spacial score (nSPS) is 15.9. The van der Waals surface area contributed by atoms with E-state index >= 15 is 0 Å². The summed E-state index contributed by atoms with van der Waals surface area (Å²) in [5.74, 6) is 1.37. The van der Waals surface area contributed by atoms with Crippen LogP contribution >= 0.6 is 0 Å². The van der Waals surface area contributed by atoms with Crippen LogP contribution in [0.1, 0.15) is 47.6 Å². The second-order valence-electron chi connectivity index (χ2n) is 8.06. The molecule has 0 spiro atoms. The zero-order valence-corrected chi connectivity index (χ0v) is 18.5. The van der Waals surface area contributed by atoms with Gasteiger partial charge in [-0.2, -0.15) is 5.26 Å². The third kappa shape index (κ3) is 4.29. The summed E-state index contributed by atoms with van der Waals surface area (Å²) < 4.78 is 11.5. The molecule has 33 heavy (non-hydrogen) atoms. The SMILES string of the molecule is CCCOc1ccc(C2N=C(c3cc(C)c4oc(C(N)(CO)CO)cc4c3)NO2)cc1C#N. The van der Waals surface area contributed by atoms with Crippen molar-refractivity contribution in [3.05, 3.63) is 64.4 Å². The minimum atomic E-state index is -1.37. The van der Waals surface area contributed by atoms with Gasteiger partial charge in [-0.3, -0.25) is 0 Å². The first-order chi connectivity index (χ1) is 15.9. The molecule has 172 valence electrons. The van der Waals surface area contributed by atoms with Crippen LogP contribution in [-0.4, -0.2) is 35.9 Å². The average Bonchev–Trinajstić information content (AvgIpc) is 3.50. The minimum Gasteiger partial charge on any atom is -0.492 e. The molecule has 1 aromatic heterocycles. The van der Waals surface area contributed by atoms with E-state index in [9.17, 15) is 15.5 Å². The molecule has 0 fully saturated rings. The molecule has 1 aliphatic rings. The molecule has 0 amide bonds. The molecule has 0 aliphatic carbocycles. The van der Waals surface area contributed by atoms with Gasteiger partial charge in [0.05, 0.1) is 25.4 Å². The molecule has 1 aliphatic heterocycles. The number of aryl methyl sites for hydroxylation is 1. The van der Waals surface area contributed by atoms with Crippen molar-refractivity contribution < 1.29 is 24.2 Å². The summed E-state index contributed by atoms with van der Waals surface area (Å²) in [5.41, 5.74) is 10.9. The average molecular weight is 450 g/mol. The van der Waals surface area contributed by atoms with Gasteiger partial charge in [0, 0.05) is 16.5 Å². The van der Waals surface area contributed by atoms with Crippen LogP contribution in [0.3, 0.4) is 0 Å². The Morgan fingerprint density at radius 1 is 1.24 bits per heavy atom. The van der Waals surface area contributed by atoms with E-state index in [1.54, 1.807) is 18.2 Å². The molecule has 9 nitrogen and oxygen atoms in total. The number of fused-ring (bicyclic) bond motifs is 1. The van der Waals surface area contributed by atoms with Gasteiger partial charge in [-0.15, -0.1) is 0 Å². The fourth-order valence-electron chi connectivity index (χ4n) is 3.60. The van der Waals surface area contributed by atoms with Crippen molar-refractivity contribution in [1.82, 2.24) is 5.48 Å². The Morgan fingerprint density at radius 2 is 2.03 bits per heavy atom. The molecule has 9 heteroatoms. The zero-order chi connectivity index (χ0) is 23.6. The van der Waals surface area contributed by atoms with Gasteiger partial charge in [-0.05, 0) is 49.2 Å².